The smallest absolute Gasteiger partial charge is 0.294 e. The molecule has 142 valence electrons. The first-order valence-electron chi connectivity index (χ1n) is 9.14. The van der Waals surface area contributed by atoms with E-state index in [2.05, 4.69) is 0 Å². The van der Waals surface area contributed by atoms with Crippen LogP contribution in [0.2, 0.25) is 0 Å². The Morgan fingerprint density at radius 2 is 1.89 bits per heavy atom. The molecule has 0 fully saturated rings. The highest BCUT2D eigenvalue weighted by Gasteiger charge is 2.46. The summed E-state index contributed by atoms with van der Waals surface area (Å²) in [5.41, 5.74) is 2.72. The van der Waals surface area contributed by atoms with Gasteiger partial charge < -0.3 is 9.52 Å². The fourth-order valence-corrected chi connectivity index (χ4v) is 3.49. The standard InChI is InChI=1S/C22H25NO4/c1-12(2)11-17(24)19-20(18-10-9-14(4)27-18)23(22(26)21(19)25)16-8-6-7-13(3)15(16)5/h6-10,12,20,25H,11H2,1-5H3. The van der Waals surface area contributed by atoms with Gasteiger partial charge in [-0.3, -0.25) is 14.5 Å². The van der Waals surface area contributed by atoms with Crippen LogP contribution >= 0.6 is 0 Å². The van der Waals surface area contributed by atoms with E-state index in [0.717, 1.165) is 11.1 Å². The maximum atomic E-state index is 13.0. The first kappa shape index (κ1) is 19.0. The van der Waals surface area contributed by atoms with Crippen molar-refractivity contribution in [3.05, 3.63) is 64.3 Å². The van der Waals surface area contributed by atoms with Gasteiger partial charge in [0, 0.05) is 12.1 Å². The summed E-state index contributed by atoms with van der Waals surface area (Å²) in [6.07, 6.45) is 0.253. The molecule has 1 aliphatic rings. The number of aliphatic hydroxyl groups excluding tert-OH is 1. The Morgan fingerprint density at radius 3 is 2.48 bits per heavy atom. The van der Waals surface area contributed by atoms with E-state index in [-0.39, 0.29) is 23.7 Å². The number of benzene rings is 1. The average molecular weight is 367 g/mol. The predicted molar refractivity (Wildman–Crippen MR) is 104 cm³/mol. The quantitative estimate of drug-likeness (QED) is 0.830. The molecule has 0 aliphatic carbocycles. The molecule has 5 heteroatoms. The summed E-state index contributed by atoms with van der Waals surface area (Å²) in [7, 11) is 0. The second-order valence-corrected chi connectivity index (χ2v) is 7.53. The maximum absolute atomic E-state index is 13.0. The molecule has 0 bridgehead atoms. The summed E-state index contributed by atoms with van der Waals surface area (Å²) in [5.74, 6) is -0.0295. The third-order valence-corrected chi connectivity index (χ3v) is 4.97. The highest BCUT2D eigenvalue weighted by Crippen LogP contribution is 2.43. The number of furan rings is 1. The second kappa shape index (κ2) is 7.06. The molecule has 2 heterocycles. The number of aliphatic hydroxyl groups is 1. The molecule has 0 saturated carbocycles. The van der Waals surface area contributed by atoms with Crippen molar-refractivity contribution in [2.75, 3.05) is 4.90 Å². The monoisotopic (exact) mass is 367 g/mol. The molecule has 27 heavy (non-hydrogen) atoms. The zero-order valence-corrected chi connectivity index (χ0v) is 16.4. The van der Waals surface area contributed by atoms with E-state index >= 15 is 0 Å². The van der Waals surface area contributed by atoms with E-state index in [0.29, 0.717) is 17.2 Å². The maximum Gasteiger partial charge on any atom is 0.294 e. The number of Topliss-reactive ketones (excluding diaryl/α,β-unsaturated/α-hetero) is 1. The van der Waals surface area contributed by atoms with E-state index in [9.17, 15) is 14.7 Å². The van der Waals surface area contributed by atoms with Gasteiger partial charge in [0.2, 0.25) is 0 Å². The van der Waals surface area contributed by atoms with Crippen molar-refractivity contribution in [3.63, 3.8) is 0 Å². The van der Waals surface area contributed by atoms with Gasteiger partial charge in [0.25, 0.3) is 5.91 Å². The molecule has 1 aromatic carbocycles. The van der Waals surface area contributed by atoms with E-state index in [4.69, 9.17) is 4.42 Å². The van der Waals surface area contributed by atoms with Gasteiger partial charge in [-0.05, 0) is 56.0 Å². The van der Waals surface area contributed by atoms with Gasteiger partial charge in [0.1, 0.15) is 17.6 Å². The van der Waals surface area contributed by atoms with Gasteiger partial charge in [-0.1, -0.05) is 26.0 Å². The summed E-state index contributed by atoms with van der Waals surface area (Å²) < 4.78 is 5.78. The minimum atomic E-state index is -0.766. The number of hydrogen-bond donors (Lipinski definition) is 1. The Hall–Kier alpha value is -2.82. The normalized spacial score (nSPS) is 17.3. The number of anilines is 1. The number of aryl methyl sites for hydroxylation is 2. The van der Waals surface area contributed by atoms with Crippen LogP contribution in [0.25, 0.3) is 0 Å². The van der Waals surface area contributed by atoms with Gasteiger partial charge in [-0.15, -0.1) is 0 Å². The van der Waals surface area contributed by atoms with Crippen LogP contribution in [-0.4, -0.2) is 16.8 Å². The number of carbonyl (C=O) groups excluding carboxylic acids is 2. The van der Waals surface area contributed by atoms with Crippen molar-refractivity contribution in [2.45, 2.75) is 47.1 Å². The Labute approximate surface area is 159 Å². The molecular formula is C22H25NO4. The zero-order valence-electron chi connectivity index (χ0n) is 16.4. The SMILES string of the molecule is Cc1ccc(C2C(C(=O)CC(C)C)=C(O)C(=O)N2c2cccc(C)c2C)o1. The second-order valence-electron chi connectivity index (χ2n) is 7.53. The number of hydrogen-bond acceptors (Lipinski definition) is 4. The predicted octanol–water partition coefficient (Wildman–Crippen LogP) is 4.72. The Kier molecular flexibility index (Phi) is 4.96. The number of nitrogens with zero attached hydrogens (tertiary/aromatic N) is 1. The fraction of sp³-hybridized carbons (Fsp3) is 0.364. The summed E-state index contributed by atoms with van der Waals surface area (Å²) in [6, 6.07) is 8.43. The first-order chi connectivity index (χ1) is 12.7. The third kappa shape index (κ3) is 3.29. The van der Waals surface area contributed by atoms with E-state index in [1.165, 1.54) is 4.90 Å². The fourth-order valence-electron chi connectivity index (χ4n) is 3.49. The number of rotatable bonds is 5. The Bertz CT molecular complexity index is 936. The van der Waals surface area contributed by atoms with Crippen LogP contribution in [-0.2, 0) is 9.59 Å². The van der Waals surface area contributed by atoms with E-state index < -0.39 is 17.7 Å². The lowest BCUT2D eigenvalue weighted by molar-refractivity contribution is -0.118. The lowest BCUT2D eigenvalue weighted by Crippen LogP contribution is -2.31. The molecular weight excluding hydrogens is 342 g/mol. The van der Waals surface area contributed by atoms with Gasteiger partial charge in [-0.2, -0.15) is 0 Å². The highest BCUT2D eigenvalue weighted by molar-refractivity contribution is 6.16. The number of carbonyl (C=O) groups is 2. The first-order valence-corrected chi connectivity index (χ1v) is 9.14. The molecule has 0 saturated heterocycles. The summed E-state index contributed by atoms with van der Waals surface area (Å²) in [4.78, 5) is 27.4. The van der Waals surface area contributed by atoms with E-state index in [1.807, 2.05) is 52.8 Å². The summed E-state index contributed by atoms with van der Waals surface area (Å²) >= 11 is 0. The minimum absolute atomic E-state index is 0.113. The molecule has 0 spiro atoms. The zero-order chi connectivity index (χ0) is 19.9. The Morgan fingerprint density at radius 1 is 1.19 bits per heavy atom. The molecule has 1 unspecified atom stereocenters. The molecule has 1 amide bonds. The molecule has 3 rings (SSSR count). The van der Waals surface area contributed by atoms with Crippen LogP contribution in [0.15, 0.2) is 46.1 Å². The molecule has 1 aromatic heterocycles. The van der Waals surface area contributed by atoms with Crippen molar-refractivity contribution in [1.29, 1.82) is 0 Å². The number of amides is 1. The van der Waals surface area contributed by atoms with Crippen molar-refractivity contribution in [1.82, 2.24) is 0 Å². The van der Waals surface area contributed by atoms with Gasteiger partial charge in [0.05, 0.1) is 5.57 Å². The number of ketones is 1. The van der Waals surface area contributed by atoms with Crippen LogP contribution in [0.5, 0.6) is 0 Å². The van der Waals surface area contributed by atoms with Crippen molar-refractivity contribution >= 4 is 17.4 Å². The molecule has 1 N–H and O–H groups in total. The van der Waals surface area contributed by atoms with Crippen molar-refractivity contribution < 1.29 is 19.1 Å². The average Bonchev–Trinajstić information content (AvgIpc) is 3.12. The van der Waals surface area contributed by atoms with Gasteiger partial charge >= 0.3 is 0 Å². The molecule has 0 radical (unpaired) electrons. The Balaban J connectivity index is 2.18. The molecule has 1 atom stereocenters. The molecule has 1 aliphatic heterocycles. The lowest BCUT2D eigenvalue weighted by atomic mass is 9.94. The largest absolute Gasteiger partial charge is 0.503 e. The third-order valence-electron chi connectivity index (χ3n) is 4.97. The lowest BCUT2D eigenvalue weighted by Gasteiger charge is -2.27. The van der Waals surface area contributed by atoms with Crippen LogP contribution in [0.1, 0.15) is 49.0 Å². The van der Waals surface area contributed by atoms with E-state index in [1.54, 1.807) is 12.1 Å². The van der Waals surface area contributed by atoms with Gasteiger partial charge in [0.15, 0.2) is 11.5 Å². The van der Waals surface area contributed by atoms with Crippen LogP contribution in [0, 0.1) is 26.7 Å². The summed E-state index contributed by atoms with van der Waals surface area (Å²) in [5, 5.41) is 10.6. The van der Waals surface area contributed by atoms with Crippen molar-refractivity contribution in [2.24, 2.45) is 5.92 Å². The minimum Gasteiger partial charge on any atom is -0.503 e. The van der Waals surface area contributed by atoms with Crippen LogP contribution < -0.4 is 4.90 Å². The topological polar surface area (TPSA) is 70.8 Å². The van der Waals surface area contributed by atoms with Crippen LogP contribution in [0.4, 0.5) is 5.69 Å². The van der Waals surface area contributed by atoms with Crippen LogP contribution in [0.3, 0.4) is 0 Å². The highest BCUT2D eigenvalue weighted by atomic mass is 16.3. The van der Waals surface area contributed by atoms with Gasteiger partial charge in [-0.25, -0.2) is 0 Å². The molecule has 5 nitrogen and oxygen atoms in total. The van der Waals surface area contributed by atoms with Crippen molar-refractivity contribution in [3.8, 4) is 0 Å². The molecule has 2 aromatic rings. The summed E-state index contributed by atoms with van der Waals surface area (Å²) in [6.45, 7) is 9.56.